The summed E-state index contributed by atoms with van der Waals surface area (Å²) < 4.78 is 26.3. The van der Waals surface area contributed by atoms with Gasteiger partial charge in [-0.25, -0.2) is 8.78 Å². The van der Waals surface area contributed by atoms with Crippen molar-refractivity contribution >= 4 is 17.5 Å². The second kappa shape index (κ2) is 6.63. The number of carbonyl (C=O) groups is 2. The normalized spacial score (nSPS) is 14.2. The van der Waals surface area contributed by atoms with Crippen LogP contribution < -0.4 is 10.2 Å². The third-order valence-electron chi connectivity index (χ3n) is 4.41. The lowest BCUT2D eigenvalue weighted by molar-refractivity contribution is -0.116. The van der Waals surface area contributed by atoms with Crippen LogP contribution in [0.5, 0.6) is 0 Å². The van der Waals surface area contributed by atoms with Gasteiger partial charge in [-0.2, -0.15) is 0 Å². The van der Waals surface area contributed by atoms with Crippen LogP contribution in [0.15, 0.2) is 36.4 Å². The maximum Gasteiger partial charge on any atom is 0.251 e. The molecule has 130 valence electrons. The van der Waals surface area contributed by atoms with Gasteiger partial charge >= 0.3 is 0 Å². The molecule has 1 unspecified atom stereocenters. The third kappa shape index (κ3) is 3.38. The summed E-state index contributed by atoms with van der Waals surface area (Å²) >= 11 is 0. The molecule has 1 atom stereocenters. The second-order valence-electron chi connectivity index (χ2n) is 6.13. The molecule has 1 aliphatic heterocycles. The standard InChI is InChI=1S/C19H18F2N2O2/c1-11(13-3-5-16(20)17(21)10-13)22-19(25)15-4-6-18-14(9-15)7-8-23(18)12(2)24/h3-6,9-11H,7-8H2,1-2H3,(H,22,25). The van der Waals surface area contributed by atoms with Gasteiger partial charge < -0.3 is 10.2 Å². The van der Waals surface area contributed by atoms with Crippen LogP contribution in [0.4, 0.5) is 14.5 Å². The Morgan fingerprint density at radius 2 is 1.88 bits per heavy atom. The van der Waals surface area contributed by atoms with Crippen molar-refractivity contribution in [3.05, 3.63) is 64.7 Å². The number of fused-ring (bicyclic) bond motifs is 1. The van der Waals surface area contributed by atoms with E-state index in [0.717, 1.165) is 23.4 Å². The van der Waals surface area contributed by atoms with Gasteiger partial charge in [0.15, 0.2) is 11.6 Å². The van der Waals surface area contributed by atoms with E-state index in [0.29, 0.717) is 24.1 Å². The first-order valence-corrected chi connectivity index (χ1v) is 8.03. The minimum absolute atomic E-state index is 0.0251. The zero-order valence-electron chi connectivity index (χ0n) is 14.0. The molecule has 1 N–H and O–H groups in total. The summed E-state index contributed by atoms with van der Waals surface area (Å²) in [6.07, 6.45) is 0.703. The predicted octanol–water partition coefficient (Wildman–Crippen LogP) is 3.36. The molecule has 0 spiro atoms. The molecule has 0 aliphatic carbocycles. The van der Waals surface area contributed by atoms with Crippen molar-refractivity contribution in [1.82, 2.24) is 5.32 Å². The number of nitrogens with zero attached hydrogens (tertiary/aromatic N) is 1. The minimum atomic E-state index is -0.944. The average molecular weight is 344 g/mol. The fourth-order valence-electron chi connectivity index (χ4n) is 3.02. The summed E-state index contributed by atoms with van der Waals surface area (Å²) in [5, 5.41) is 2.78. The quantitative estimate of drug-likeness (QED) is 0.928. The van der Waals surface area contributed by atoms with Crippen molar-refractivity contribution in [3.63, 3.8) is 0 Å². The van der Waals surface area contributed by atoms with Crippen LogP contribution in [0, 0.1) is 11.6 Å². The van der Waals surface area contributed by atoms with Gasteiger partial charge in [0.1, 0.15) is 0 Å². The van der Waals surface area contributed by atoms with E-state index in [4.69, 9.17) is 0 Å². The molecule has 0 bridgehead atoms. The topological polar surface area (TPSA) is 49.4 Å². The summed E-state index contributed by atoms with van der Waals surface area (Å²) in [4.78, 5) is 25.7. The zero-order chi connectivity index (χ0) is 18.1. The van der Waals surface area contributed by atoms with E-state index in [1.165, 1.54) is 13.0 Å². The fourth-order valence-corrected chi connectivity index (χ4v) is 3.02. The maximum absolute atomic E-state index is 13.3. The number of carbonyl (C=O) groups excluding carboxylic acids is 2. The molecule has 2 amide bonds. The van der Waals surface area contributed by atoms with Gasteiger partial charge in [-0.3, -0.25) is 9.59 Å². The van der Waals surface area contributed by atoms with E-state index >= 15 is 0 Å². The van der Waals surface area contributed by atoms with E-state index in [1.807, 2.05) is 0 Å². The highest BCUT2D eigenvalue weighted by Gasteiger charge is 2.23. The molecule has 2 aromatic carbocycles. The molecule has 1 heterocycles. The summed E-state index contributed by atoms with van der Waals surface area (Å²) in [6.45, 7) is 3.83. The van der Waals surface area contributed by atoms with Crippen molar-refractivity contribution in [3.8, 4) is 0 Å². The van der Waals surface area contributed by atoms with Crippen LogP contribution in [0.1, 0.15) is 41.4 Å². The lowest BCUT2D eigenvalue weighted by Crippen LogP contribution is -2.27. The van der Waals surface area contributed by atoms with Crippen molar-refractivity contribution in [2.75, 3.05) is 11.4 Å². The van der Waals surface area contributed by atoms with Crippen LogP contribution in [-0.4, -0.2) is 18.4 Å². The Morgan fingerprint density at radius 1 is 1.12 bits per heavy atom. The number of nitrogens with one attached hydrogen (secondary N) is 1. The predicted molar refractivity (Wildman–Crippen MR) is 90.4 cm³/mol. The number of rotatable bonds is 3. The molecule has 0 radical (unpaired) electrons. The van der Waals surface area contributed by atoms with E-state index in [-0.39, 0.29) is 11.8 Å². The Bertz CT molecular complexity index is 851. The fraction of sp³-hybridized carbons (Fsp3) is 0.263. The molecule has 25 heavy (non-hydrogen) atoms. The molecule has 6 heteroatoms. The second-order valence-corrected chi connectivity index (χ2v) is 6.13. The van der Waals surface area contributed by atoms with Crippen LogP contribution in [0.3, 0.4) is 0 Å². The highest BCUT2D eigenvalue weighted by molar-refractivity contribution is 5.98. The minimum Gasteiger partial charge on any atom is -0.346 e. The molecule has 0 saturated carbocycles. The smallest absolute Gasteiger partial charge is 0.251 e. The Hall–Kier alpha value is -2.76. The molecular formula is C19H18F2N2O2. The van der Waals surface area contributed by atoms with Crippen LogP contribution in [-0.2, 0) is 11.2 Å². The molecule has 1 aliphatic rings. The number of halogens is 2. The Labute approximate surface area is 144 Å². The van der Waals surface area contributed by atoms with Gasteiger partial charge in [-0.15, -0.1) is 0 Å². The van der Waals surface area contributed by atoms with Crippen molar-refractivity contribution < 1.29 is 18.4 Å². The SMILES string of the molecule is CC(=O)N1CCc2cc(C(=O)NC(C)c3ccc(F)c(F)c3)ccc21. The zero-order valence-corrected chi connectivity index (χ0v) is 14.0. The summed E-state index contributed by atoms with van der Waals surface area (Å²) in [5.74, 6) is -2.19. The van der Waals surface area contributed by atoms with Crippen molar-refractivity contribution in [2.45, 2.75) is 26.3 Å². The Balaban J connectivity index is 1.75. The number of hydrogen-bond donors (Lipinski definition) is 1. The van der Waals surface area contributed by atoms with Crippen molar-refractivity contribution in [2.24, 2.45) is 0 Å². The number of amides is 2. The lowest BCUT2D eigenvalue weighted by Gasteiger charge is -2.16. The summed E-state index contributed by atoms with van der Waals surface area (Å²) in [7, 11) is 0. The monoisotopic (exact) mass is 344 g/mol. The molecule has 3 rings (SSSR count). The largest absolute Gasteiger partial charge is 0.346 e. The number of anilines is 1. The first-order chi connectivity index (χ1) is 11.9. The highest BCUT2D eigenvalue weighted by Crippen LogP contribution is 2.29. The van der Waals surface area contributed by atoms with E-state index in [2.05, 4.69) is 5.32 Å². The first kappa shape index (κ1) is 17.1. The highest BCUT2D eigenvalue weighted by atomic mass is 19.2. The molecular weight excluding hydrogens is 326 g/mol. The van der Waals surface area contributed by atoms with E-state index < -0.39 is 17.7 Å². The summed E-state index contributed by atoms with van der Waals surface area (Å²) in [6, 6.07) is 8.29. The molecule has 4 nitrogen and oxygen atoms in total. The van der Waals surface area contributed by atoms with E-state index in [9.17, 15) is 18.4 Å². The molecule has 0 fully saturated rings. The van der Waals surface area contributed by atoms with Gasteiger partial charge in [0.2, 0.25) is 5.91 Å². The van der Waals surface area contributed by atoms with Crippen LogP contribution >= 0.6 is 0 Å². The van der Waals surface area contributed by atoms with Gasteiger partial charge in [0.25, 0.3) is 5.91 Å². The van der Waals surface area contributed by atoms with Gasteiger partial charge in [-0.1, -0.05) is 6.07 Å². The third-order valence-corrected chi connectivity index (χ3v) is 4.41. The number of benzene rings is 2. The lowest BCUT2D eigenvalue weighted by atomic mass is 10.1. The van der Waals surface area contributed by atoms with E-state index in [1.54, 1.807) is 30.0 Å². The molecule has 0 aromatic heterocycles. The first-order valence-electron chi connectivity index (χ1n) is 8.03. The molecule has 0 saturated heterocycles. The van der Waals surface area contributed by atoms with Crippen molar-refractivity contribution in [1.29, 1.82) is 0 Å². The summed E-state index contributed by atoms with van der Waals surface area (Å²) in [5.41, 5.74) is 2.73. The van der Waals surface area contributed by atoms with Gasteiger partial charge in [-0.05, 0) is 54.8 Å². The van der Waals surface area contributed by atoms with Crippen LogP contribution in [0.2, 0.25) is 0 Å². The van der Waals surface area contributed by atoms with Gasteiger partial charge in [0, 0.05) is 24.7 Å². The Kier molecular flexibility index (Phi) is 4.53. The maximum atomic E-state index is 13.3. The number of hydrogen-bond acceptors (Lipinski definition) is 2. The van der Waals surface area contributed by atoms with Crippen LogP contribution in [0.25, 0.3) is 0 Å². The van der Waals surface area contributed by atoms with Gasteiger partial charge in [0.05, 0.1) is 6.04 Å². The Morgan fingerprint density at radius 3 is 2.56 bits per heavy atom. The molecule has 2 aromatic rings. The average Bonchev–Trinajstić information content (AvgIpc) is 3.00.